The van der Waals surface area contributed by atoms with Gasteiger partial charge in [0.25, 0.3) is 6.43 Å². The fourth-order valence-electron chi connectivity index (χ4n) is 0.817. The predicted molar refractivity (Wildman–Crippen MR) is 42.8 cm³/mol. The highest BCUT2D eigenvalue weighted by Crippen LogP contribution is 2.28. The van der Waals surface area contributed by atoms with Crippen molar-refractivity contribution >= 4 is 22.4 Å². The SMILES string of the molecule is Nc1nc(C(F)F)c(CC(=O)O)s1. The highest BCUT2D eigenvalue weighted by Gasteiger charge is 2.20. The fourth-order valence-corrected chi connectivity index (χ4v) is 1.65. The van der Waals surface area contributed by atoms with E-state index < -0.39 is 24.5 Å². The zero-order chi connectivity index (χ0) is 10.0. The summed E-state index contributed by atoms with van der Waals surface area (Å²) < 4.78 is 24.4. The van der Waals surface area contributed by atoms with Crippen LogP contribution in [0.3, 0.4) is 0 Å². The van der Waals surface area contributed by atoms with Crippen molar-refractivity contribution in [3.63, 3.8) is 0 Å². The molecule has 0 bridgehead atoms. The second-order valence-electron chi connectivity index (χ2n) is 2.23. The maximum atomic E-state index is 12.2. The number of rotatable bonds is 3. The molecule has 0 saturated heterocycles. The number of halogens is 2. The Morgan fingerprint density at radius 3 is 2.77 bits per heavy atom. The van der Waals surface area contributed by atoms with Crippen molar-refractivity contribution in [1.29, 1.82) is 0 Å². The summed E-state index contributed by atoms with van der Waals surface area (Å²) in [7, 11) is 0. The van der Waals surface area contributed by atoms with Gasteiger partial charge in [-0.05, 0) is 0 Å². The third-order valence-corrected chi connectivity index (χ3v) is 2.16. The first kappa shape index (κ1) is 9.85. The molecule has 0 radical (unpaired) electrons. The summed E-state index contributed by atoms with van der Waals surface area (Å²) in [6, 6.07) is 0. The average Bonchev–Trinajstić information content (AvgIpc) is 2.29. The van der Waals surface area contributed by atoms with Gasteiger partial charge in [0.1, 0.15) is 5.69 Å². The number of carbonyl (C=O) groups is 1. The lowest BCUT2D eigenvalue weighted by Gasteiger charge is -1.95. The minimum absolute atomic E-state index is 0.0139. The van der Waals surface area contributed by atoms with E-state index in [1.54, 1.807) is 0 Å². The lowest BCUT2D eigenvalue weighted by Crippen LogP contribution is -2.01. The number of nitrogens with two attached hydrogens (primary N) is 1. The zero-order valence-electron chi connectivity index (χ0n) is 6.33. The van der Waals surface area contributed by atoms with E-state index in [9.17, 15) is 13.6 Å². The van der Waals surface area contributed by atoms with Gasteiger partial charge in [0, 0.05) is 4.88 Å². The Bertz CT molecular complexity index is 326. The Hall–Kier alpha value is -1.24. The molecule has 1 rings (SSSR count). The number of nitrogens with zero attached hydrogens (tertiary/aromatic N) is 1. The van der Waals surface area contributed by atoms with Gasteiger partial charge >= 0.3 is 5.97 Å². The number of aliphatic carboxylic acids is 1. The summed E-state index contributed by atoms with van der Waals surface area (Å²) in [6.45, 7) is 0. The molecule has 1 heterocycles. The topological polar surface area (TPSA) is 76.2 Å². The molecule has 0 spiro atoms. The molecule has 0 saturated carbocycles. The number of carboxylic acid groups (broad SMARTS) is 1. The third-order valence-electron chi connectivity index (χ3n) is 1.26. The Labute approximate surface area is 76.0 Å². The Morgan fingerprint density at radius 2 is 2.31 bits per heavy atom. The van der Waals surface area contributed by atoms with Crippen molar-refractivity contribution in [2.45, 2.75) is 12.8 Å². The number of aromatic nitrogens is 1. The number of carboxylic acids is 1. The standard InChI is InChI=1S/C6H6F2N2O2S/c7-5(8)4-2(1-3(11)12)13-6(9)10-4/h5H,1H2,(H2,9,10)(H,11,12). The van der Waals surface area contributed by atoms with E-state index in [0.717, 1.165) is 11.3 Å². The van der Waals surface area contributed by atoms with E-state index in [1.165, 1.54) is 0 Å². The van der Waals surface area contributed by atoms with Crippen LogP contribution in [0, 0.1) is 0 Å². The zero-order valence-corrected chi connectivity index (χ0v) is 7.15. The van der Waals surface area contributed by atoms with Gasteiger partial charge in [-0.25, -0.2) is 13.8 Å². The number of hydrogen-bond donors (Lipinski definition) is 2. The van der Waals surface area contributed by atoms with Gasteiger partial charge in [-0.3, -0.25) is 4.79 Å². The largest absolute Gasteiger partial charge is 0.481 e. The summed E-state index contributed by atoms with van der Waals surface area (Å²) in [5.41, 5.74) is 4.65. The van der Waals surface area contributed by atoms with E-state index in [2.05, 4.69) is 4.98 Å². The molecule has 0 unspecified atom stereocenters. The number of hydrogen-bond acceptors (Lipinski definition) is 4. The predicted octanol–water partition coefficient (Wildman–Crippen LogP) is 1.29. The first-order chi connectivity index (χ1) is 6.00. The lowest BCUT2D eigenvalue weighted by molar-refractivity contribution is -0.136. The van der Waals surface area contributed by atoms with E-state index in [4.69, 9.17) is 10.8 Å². The van der Waals surface area contributed by atoms with E-state index in [0.29, 0.717) is 0 Å². The van der Waals surface area contributed by atoms with Crippen LogP contribution in [0.5, 0.6) is 0 Å². The number of nitrogen functional groups attached to an aromatic ring is 1. The van der Waals surface area contributed by atoms with Gasteiger partial charge in [0.2, 0.25) is 0 Å². The normalized spacial score (nSPS) is 10.7. The molecule has 0 aliphatic carbocycles. The van der Waals surface area contributed by atoms with Crippen molar-refractivity contribution in [3.05, 3.63) is 10.6 Å². The minimum atomic E-state index is -2.78. The van der Waals surface area contributed by atoms with Gasteiger partial charge in [-0.2, -0.15) is 0 Å². The maximum absolute atomic E-state index is 12.2. The van der Waals surface area contributed by atoms with Crippen LogP contribution >= 0.6 is 11.3 Å². The maximum Gasteiger partial charge on any atom is 0.308 e. The van der Waals surface area contributed by atoms with Gasteiger partial charge < -0.3 is 10.8 Å². The Morgan fingerprint density at radius 1 is 1.69 bits per heavy atom. The minimum Gasteiger partial charge on any atom is -0.481 e. The van der Waals surface area contributed by atoms with E-state index in [-0.39, 0.29) is 10.0 Å². The number of thiazole rings is 1. The summed E-state index contributed by atoms with van der Waals surface area (Å²) in [6.07, 6.45) is -3.24. The average molecular weight is 208 g/mol. The van der Waals surface area contributed by atoms with Crippen LogP contribution in [0.15, 0.2) is 0 Å². The molecule has 0 aromatic carbocycles. The third kappa shape index (κ3) is 2.35. The number of anilines is 1. The summed E-state index contributed by atoms with van der Waals surface area (Å²) >= 11 is 0.777. The summed E-state index contributed by atoms with van der Waals surface area (Å²) in [5.74, 6) is -1.18. The first-order valence-electron chi connectivity index (χ1n) is 3.25. The number of alkyl halides is 2. The smallest absolute Gasteiger partial charge is 0.308 e. The second-order valence-corrected chi connectivity index (χ2v) is 3.35. The molecule has 3 N–H and O–H groups in total. The first-order valence-corrected chi connectivity index (χ1v) is 4.07. The molecular weight excluding hydrogens is 202 g/mol. The van der Waals surface area contributed by atoms with Crippen LogP contribution < -0.4 is 5.73 Å². The summed E-state index contributed by atoms with van der Waals surface area (Å²) in [4.78, 5) is 13.6. The van der Waals surface area contributed by atoms with Gasteiger partial charge in [0.15, 0.2) is 5.13 Å². The molecule has 0 atom stereocenters. The monoisotopic (exact) mass is 208 g/mol. The molecule has 1 aromatic heterocycles. The van der Waals surface area contributed by atoms with Crippen molar-refractivity contribution in [1.82, 2.24) is 4.98 Å². The van der Waals surface area contributed by atoms with Crippen LogP contribution in [-0.2, 0) is 11.2 Å². The molecule has 72 valence electrons. The van der Waals surface area contributed by atoms with Gasteiger partial charge in [-0.15, -0.1) is 11.3 Å². The van der Waals surface area contributed by atoms with Crippen molar-refractivity contribution < 1.29 is 18.7 Å². The molecule has 7 heteroatoms. The molecule has 13 heavy (non-hydrogen) atoms. The molecule has 0 aliphatic rings. The molecule has 0 aliphatic heterocycles. The Balaban J connectivity index is 2.97. The van der Waals surface area contributed by atoms with Crippen LogP contribution in [-0.4, -0.2) is 16.1 Å². The van der Waals surface area contributed by atoms with Crippen LogP contribution in [0.4, 0.5) is 13.9 Å². The Kier molecular flexibility index (Phi) is 2.76. The second kappa shape index (κ2) is 3.65. The molecule has 4 nitrogen and oxygen atoms in total. The lowest BCUT2D eigenvalue weighted by atomic mass is 10.3. The van der Waals surface area contributed by atoms with Crippen molar-refractivity contribution in [3.8, 4) is 0 Å². The molecule has 0 fully saturated rings. The van der Waals surface area contributed by atoms with Crippen LogP contribution in [0.25, 0.3) is 0 Å². The van der Waals surface area contributed by atoms with Gasteiger partial charge in [-0.1, -0.05) is 0 Å². The van der Waals surface area contributed by atoms with Crippen LogP contribution in [0.1, 0.15) is 17.0 Å². The molecule has 1 aromatic rings. The fraction of sp³-hybridized carbons (Fsp3) is 0.333. The quantitative estimate of drug-likeness (QED) is 0.784. The molecular formula is C6H6F2N2O2S. The van der Waals surface area contributed by atoms with Crippen molar-refractivity contribution in [2.75, 3.05) is 5.73 Å². The summed E-state index contributed by atoms with van der Waals surface area (Å²) in [5, 5.41) is 8.34. The molecule has 0 amide bonds. The highest BCUT2D eigenvalue weighted by atomic mass is 32.1. The van der Waals surface area contributed by atoms with Crippen LogP contribution in [0.2, 0.25) is 0 Å². The van der Waals surface area contributed by atoms with E-state index in [1.807, 2.05) is 0 Å². The highest BCUT2D eigenvalue weighted by molar-refractivity contribution is 7.15. The van der Waals surface area contributed by atoms with Crippen molar-refractivity contribution in [2.24, 2.45) is 0 Å². The van der Waals surface area contributed by atoms with E-state index >= 15 is 0 Å². The van der Waals surface area contributed by atoms with Gasteiger partial charge in [0.05, 0.1) is 6.42 Å².